The number of likely N-dealkylation sites (tertiary alicyclic amines) is 2. The molecule has 4 nitrogen and oxygen atoms in total. The number of carbonyl (C=O) groups excluding carboxylic acids is 1. The van der Waals surface area contributed by atoms with E-state index in [2.05, 4.69) is 71.1 Å². The summed E-state index contributed by atoms with van der Waals surface area (Å²) in [6.45, 7) is 8.99. The van der Waals surface area contributed by atoms with E-state index < -0.39 is 0 Å². The molecule has 28 heavy (non-hydrogen) atoms. The van der Waals surface area contributed by atoms with Gasteiger partial charge < -0.3 is 4.90 Å². The van der Waals surface area contributed by atoms with Gasteiger partial charge in [-0.1, -0.05) is 36.4 Å². The molecular weight excluding hydrogens is 346 g/mol. The van der Waals surface area contributed by atoms with Gasteiger partial charge in [-0.15, -0.1) is 0 Å². The zero-order chi connectivity index (χ0) is 19.6. The predicted molar refractivity (Wildman–Crippen MR) is 112 cm³/mol. The highest BCUT2D eigenvalue weighted by Gasteiger charge is 2.45. The van der Waals surface area contributed by atoms with Crippen LogP contribution in [0.1, 0.15) is 49.1 Å². The lowest BCUT2D eigenvalue weighted by atomic mass is 9.67. The lowest BCUT2D eigenvalue weighted by Gasteiger charge is -2.49. The maximum Gasteiger partial charge on any atom is 0.230 e. The molecule has 4 rings (SSSR count). The molecule has 4 heteroatoms. The van der Waals surface area contributed by atoms with Crippen LogP contribution in [0, 0.1) is 12.3 Å². The van der Waals surface area contributed by atoms with Crippen molar-refractivity contribution < 1.29 is 4.79 Å². The van der Waals surface area contributed by atoms with Crippen LogP contribution in [0.2, 0.25) is 0 Å². The number of aryl methyl sites for hydroxylation is 1. The van der Waals surface area contributed by atoms with Crippen LogP contribution in [-0.4, -0.2) is 46.9 Å². The molecule has 0 aliphatic carbocycles. The maximum atomic E-state index is 13.0. The SMILES string of the molecule is CCN1CC2(CCN(Cc3cccc(C)n3)CC2)C[C@@H](c2ccccc2)C1=O. The highest BCUT2D eigenvalue weighted by atomic mass is 16.2. The van der Waals surface area contributed by atoms with Crippen LogP contribution < -0.4 is 0 Å². The minimum atomic E-state index is 0.0138. The molecule has 3 heterocycles. The van der Waals surface area contributed by atoms with Crippen LogP contribution in [-0.2, 0) is 11.3 Å². The third kappa shape index (κ3) is 3.97. The summed E-state index contributed by atoms with van der Waals surface area (Å²) < 4.78 is 0. The Morgan fingerprint density at radius 2 is 1.82 bits per heavy atom. The summed E-state index contributed by atoms with van der Waals surface area (Å²) in [6, 6.07) is 16.6. The first-order chi connectivity index (χ1) is 13.6. The summed E-state index contributed by atoms with van der Waals surface area (Å²) in [5.41, 5.74) is 3.67. The van der Waals surface area contributed by atoms with Gasteiger partial charge in [0.25, 0.3) is 0 Å². The highest BCUT2D eigenvalue weighted by molar-refractivity contribution is 5.84. The van der Waals surface area contributed by atoms with E-state index in [0.29, 0.717) is 5.91 Å². The predicted octanol–water partition coefficient (Wildman–Crippen LogP) is 4.01. The Labute approximate surface area is 168 Å². The lowest BCUT2D eigenvalue weighted by Crippen LogP contribution is -2.53. The van der Waals surface area contributed by atoms with Crippen LogP contribution in [0.4, 0.5) is 0 Å². The molecule has 2 aromatic rings. The first-order valence-electron chi connectivity index (χ1n) is 10.6. The molecular formula is C24H31N3O. The number of hydrogen-bond donors (Lipinski definition) is 0. The van der Waals surface area contributed by atoms with Gasteiger partial charge in [-0.3, -0.25) is 14.7 Å². The van der Waals surface area contributed by atoms with Gasteiger partial charge in [-0.2, -0.15) is 0 Å². The number of carbonyl (C=O) groups is 1. The van der Waals surface area contributed by atoms with Crippen molar-refractivity contribution in [1.29, 1.82) is 0 Å². The molecule has 2 aliphatic rings. The summed E-state index contributed by atoms with van der Waals surface area (Å²) in [4.78, 5) is 22.3. The Morgan fingerprint density at radius 1 is 1.07 bits per heavy atom. The largest absolute Gasteiger partial charge is 0.342 e. The van der Waals surface area contributed by atoms with Gasteiger partial charge in [0, 0.05) is 25.3 Å². The van der Waals surface area contributed by atoms with Gasteiger partial charge >= 0.3 is 0 Å². The van der Waals surface area contributed by atoms with Crippen LogP contribution in [0.15, 0.2) is 48.5 Å². The first kappa shape index (κ1) is 19.1. The van der Waals surface area contributed by atoms with Crippen LogP contribution >= 0.6 is 0 Å². The topological polar surface area (TPSA) is 36.4 Å². The van der Waals surface area contributed by atoms with E-state index in [1.807, 2.05) is 6.07 Å². The van der Waals surface area contributed by atoms with Crippen molar-refractivity contribution in [3.8, 4) is 0 Å². The Bertz CT molecular complexity index is 812. The average molecular weight is 378 g/mol. The number of nitrogens with zero attached hydrogens (tertiary/aromatic N) is 3. The molecule has 0 unspecified atom stereocenters. The number of amides is 1. The quantitative estimate of drug-likeness (QED) is 0.808. The van der Waals surface area contributed by atoms with Gasteiger partial charge in [0.1, 0.15) is 0 Å². The monoisotopic (exact) mass is 377 g/mol. The van der Waals surface area contributed by atoms with Gasteiger partial charge in [0.2, 0.25) is 5.91 Å². The number of benzene rings is 1. The smallest absolute Gasteiger partial charge is 0.230 e. The lowest BCUT2D eigenvalue weighted by molar-refractivity contribution is -0.141. The van der Waals surface area contributed by atoms with E-state index >= 15 is 0 Å². The Balaban J connectivity index is 1.46. The molecule has 2 fully saturated rings. The normalized spacial score (nSPS) is 22.6. The summed E-state index contributed by atoms with van der Waals surface area (Å²) in [7, 11) is 0. The Hall–Kier alpha value is -2.20. The minimum absolute atomic E-state index is 0.0138. The molecule has 148 valence electrons. The van der Waals surface area contributed by atoms with E-state index in [9.17, 15) is 4.79 Å². The van der Waals surface area contributed by atoms with Crippen LogP contribution in [0.25, 0.3) is 0 Å². The molecule has 1 aromatic carbocycles. The zero-order valence-electron chi connectivity index (χ0n) is 17.1. The summed E-state index contributed by atoms with van der Waals surface area (Å²) in [5.74, 6) is 0.325. The molecule has 2 aliphatic heterocycles. The molecule has 0 radical (unpaired) electrons. The fraction of sp³-hybridized carbons (Fsp3) is 0.500. The van der Waals surface area contributed by atoms with Gasteiger partial charge in [-0.25, -0.2) is 0 Å². The van der Waals surface area contributed by atoms with Gasteiger partial charge in [0.15, 0.2) is 0 Å². The van der Waals surface area contributed by atoms with Gasteiger partial charge in [-0.05, 0) is 69.3 Å². The molecule has 1 amide bonds. The molecule has 1 spiro atoms. The van der Waals surface area contributed by atoms with Crippen LogP contribution in [0.5, 0.6) is 0 Å². The standard InChI is InChI=1S/C24H31N3O/c1-3-27-18-24(16-22(23(27)28)20-9-5-4-6-10-20)12-14-26(15-13-24)17-21-11-7-8-19(2)25-21/h4-11,22H,3,12-18H2,1-2H3/t22-/m0/s1. The van der Waals surface area contributed by atoms with E-state index in [4.69, 9.17) is 0 Å². The van der Waals surface area contributed by atoms with Crippen molar-refractivity contribution in [2.24, 2.45) is 5.41 Å². The average Bonchev–Trinajstić information content (AvgIpc) is 2.72. The van der Waals surface area contributed by atoms with E-state index in [1.165, 1.54) is 5.56 Å². The molecule has 0 bridgehead atoms. The molecule has 2 saturated heterocycles. The van der Waals surface area contributed by atoms with Crippen LogP contribution in [0.3, 0.4) is 0 Å². The fourth-order valence-electron chi connectivity index (χ4n) is 4.97. The highest BCUT2D eigenvalue weighted by Crippen LogP contribution is 2.45. The first-order valence-corrected chi connectivity index (χ1v) is 10.6. The Morgan fingerprint density at radius 3 is 2.50 bits per heavy atom. The number of pyridine rings is 1. The number of piperidine rings is 2. The molecule has 0 N–H and O–H groups in total. The zero-order valence-corrected chi connectivity index (χ0v) is 17.1. The molecule has 0 saturated carbocycles. The van der Waals surface area contributed by atoms with Crippen molar-refractivity contribution in [2.75, 3.05) is 26.2 Å². The number of aromatic nitrogens is 1. The summed E-state index contributed by atoms with van der Waals surface area (Å²) >= 11 is 0. The van der Waals surface area contributed by atoms with Gasteiger partial charge in [0.05, 0.1) is 11.6 Å². The van der Waals surface area contributed by atoms with E-state index in [1.54, 1.807) is 0 Å². The van der Waals surface area contributed by atoms with Crippen molar-refractivity contribution >= 4 is 5.91 Å². The molecule has 1 aromatic heterocycles. The second-order valence-corrected chi connectivity index (χ2v) is 8.57. The Kier molecular flexibility index (Phi) is 5.49. The second-order valence-electron chi connectivity index (χ2n) is 8.57. The second kappa shape index (κ2) is 8.04. The van der Waals surface area contributed by atoms with Crippen molar-refractivity contribution in [1.82, 2.24) is 14.8 Å². The molecule has 1 atom stereocenters. The third-order valence-electron chi connectivity index (χ3n) is 6.61. The number of rotatable bonds is 4. The van der Waals surface area contributed by atoms with Crippen molar-refractivity contribution in [2.45, 2.75) is 45.6 Å². The number of likely N-dealkylation sites (N-methyl/N-ethyl adjacent to an activating group) is 1. The summed E-state index contributed by atoms with van der Waals surface area (Å²) in [5, 5.41) is 0. The van der Waals surface area contributed by atoms with E-state index in [-0.39, 0.29) is 11.3 Å². The minimum Gasteiger partial charge on any atom is -0.342 e. The van der Waals surface area contributed by atoms with Crippen molar-refractivity contribution in [3.63, 3.8) is 0 Å². The van der Waals surface area contributed by atoms with Crippen molar-refractivity contribution in [3.05, 3.63) is 65.5 Å². The fourth-order valence-corrected chi connectivity index (χ4v) is 4.97. The maximum absolute atomic E-state index is 13.0. The summed E-state index contributed by atoms with van der Waals surface area (Å²) in [6.07, 6.45) is 3.31. The number of hydrogen-bond acceptors (Lipinski definition) is 3. The third-order valence-corrected chi connectivity index (χ3v) is 6.61. The van der Waals surface area contributed by atoms with E-state index in [0.717, 1.165) is 63.4 Å².